The smallest absolute Gasteiger partial charge is 0.255 e. The number of carbonyl (C=O) groups is 2. The van der Waals surface area contributed by atoms with Gasteiger partial charge in [0.05, 0.1) is 30.5 Å². The summed E-state index contributed by atoms with van der Waals surface area (Å²) in [7, 11) is 0. The maximum Gasteiger partial charge on any atom is 0.255 e. The fourth-order valence-electron chi connectivity index (χ4n) is 2.78. The van der Waals surface area contributed by atoms with Crippen molar-refractivity contribution in [2.45, 2.75) is 19.9 Å². The van der Waals surface area contributed by atoms with Gasteiger partial charge < -0.3 is 16.4 Å². The number of nitrogens with two attached hydrogens (primary N) is 1. The number of anilines is 2. The molecule has 0 aliphatic carbocycles. The number of nitrogen functional groups attached to an aromatic ring is 1. The molecular formula is C21H23N5O2. The van der Waals surface area contributed by atoms with Gasteiger partial charge in [-0.2, -0.15) is 5.10 Å². The molecule has 0 aliphatic heterocycles. The van der Waals surface area contributed by atoms with Crippen LogP contribution in [0.1, 0.15) is 28.4 Å². The predicted molar refractivity (Wildman–Crippen MR) is 109 cm³/mol. The van der Waals surface area contributed by atoms with E-state index in [2.05, 4.69) is 15.7 Å². The van der Waals surface area contributed by atoms with Gasteiger partial charge in [0, 0.05) is 18.3 Å². The van der Waals surface area contributed by atoms with Crippen molar-refractivity contribution in [2.24, 2.45) is 0 Å². The molecule has 0 saturated heterocycles. The van der Waals surface area contributed by atoms with Crippen LogP contribution in [0.2, 0.25) is 0 Å². The number of carbonyl (C=O) groups excluding carboxylic acids is 2. The van der Waals surface area contributed by atoms with E-state index in [9.17, 15) is 9.59 Å². The van der Waals surface area contributed by atoms with Crippen LogP contribution in [0.4, 0.5) is 11.4 Å². The molecule has 1 aromatic heterocycles. The molecule has 1 heterocycles. The van der Waals surface area contributed by atoms with Crippen LogP contribution in [0.3, 0.4) is 0 Å². The molecule has 3 aromatic rings. The van der Waals surface area contributed by atoms with E-state index in [0.717, 1.165) is 11.1 Å². The normalized spacial score (nSPS) is 10.5. The van der Waals surface area contributed by atoms with Gasteiger partial charge in [0.2, 0.25) is 5.91 Å². The Hall–Kier alpha value is -3.61. The van der Waals surface area contributed by atoms with E-state index in [1.165, 1.54) is 0 Å². The monoisotopic (exact) mass is 377 g/mol. The fraction of sp³-hybridized carbons (Fsp3) is 0.190. The second-order valence-electron chi connectivity index (χ2n) is 6.41. The Morgan fingerprint density at radius 1 is 1.07 bits per heavy atom. The Bertz CT molecular complexity index is 963. The first kappa shape index (κ1) is 19.2. The lowest BCUT2D eigenvalue weighted by Crippen LogP contribution is -2.24. The first-order valence-corrected chi connectivity index (χ1v) is 9.08. The molecule has 0 radical (unpaired) electrons. The largest absolute Gasteiger partial charge is 0.397 e. The van der Waals surface area contributed by atoms with Crippen molar-refractivity contribution in [2.75, 3.05) is 17.6 Å². The molecular weight excluding hydrogens is 354 g/mol. The van der Waals surface area contributed by atoms with Gasteiger partial charge in [0.15, 0.2) is 0 Å². The second kappa shape index (κ2) is 8.85. The number of rotatable bonds is 7. The zero-order valence-electron chi connectivity index (χ0n) is 15.7. The molecule has 0 atom stereocenters. The third kappa shape index (κ3) is 4.97. The minimum Gasteiger partial charge on any atom is -0.397 e. The summed E-state index contributed by atoms with van der Waals surface area (Å²) in [6, 6.07) is 14.4. The highest BCUT2D eigenvalue weighted by atomic mass is 16.2. The molecule has 7 heteroatoms. The van der Waals surface area contributed by atoms with Crippen LogP contribution in [0, 0.1) is 0 Å². The molecule has 144 valence electrons. The van der Waals surface area contributed by atoms with Gasteiger partial charge in [0.25, 0.3) is 5.91 Å². The van der Waals surface area contributed by atoms with Gasteiger partial charge in [-0.25, -0.2) is 0 Å². The molecule has 0 unspecified atom stereocenters. The van der Waals surface area contributed by atoms with Crippen LogP contribution in [0.15, 0.2) is 60.9 Å². The van der Waals surface area contributed by atoms with E-state index < -0.39 is 0 Å². The minimum atomic E-state index is -0.215. The highest BCUT2D eigenvalue weighted by molar-refractivity contribution is 6.05. The SMILES string of the molecule is CCNC(=O)Cc1cnn(Cc2ccc(C(=O)Nc3ccccc3N)cc2)c1. The molecule has 0 aliphatic rings. The second-order valence-corrected chi connectivity index (χ2v) is 6.41. The molecule has 28 heavy (non-hydrogen) atoms. The maximum atomic E-state index is 12.4. The van der Waals surface area contributed by atoms with E-state index >= 15 is 0 Å². The Balaban J connectivity index is 1.60. The Morgan fingerprint density at radius 3 is 2.54 bits per heavy atom. The summed E-state index contributed by atoms with van der Waals surface area (Å²) in [6.07, 6.45) is 3.87. The van der Waals surface area contributed by atoms with Gasteiger partial charge in [-0.15, -0.1) is 0 Å². The number of hydrogen-bond acceptors (Lipinski definition) is 4. The number of nitrogens with zero attached hydrogens (tertiary/aromatic N) is 2. The number of para-hydroxylation sites is 2. The average Bonchev–Trinajstić information content (AvgIpc) is 3.11. The van der Waals surface area contributed by atoms with Crippen molar-refractivity contribution in [1.29, 1.82) is 0 Å². The molecule has 0 fully saturated rings. The molecule has 2 amide bonds. The van der Waals surface area contributed by atoms with E-state index in [-0.39, 0.29) is 11.8 Å². The first-order chi connectivity index (χ1) is 13.5. The number of likely N-dealkylation sites (N-methyl/N-ethyl adjacent to an activating group) is 1. The molecule has 4 N–H and O–H groups in total. The van der Waals surface area contributed by atoms with Crippen molar-refractivity contribution < 1.29 is 9.59 Å². The lowest BCUT2D eigenvalue weighted by Gasteiger charge is -2.08. The van der Waals surface area contributed by atoms with Crippen molar-refractivity contribution >= 4 is 23.2 Å². The minimum absolute atomic E-state index is 0.0172. The summed E-state index contributed by atoms with van der Waals surface area (Å²) in [5.74, 6) is -0.232. The number of amides is 2. The number of aromatic nitrogens is 2. The summed E-state index contributed by atoms with van der Waals surface area (Å²) in [4.78, 5) is 24.0. The summed E-state index contributed by atoms with van der Waals surface area (Å²) < 4.78 is 1.77. The van der Waals surface area contributed by atoms with Crippen molar-refractivity contribution in [3.63, 3.8) is 0 Å². The van der Waals surface area contributed by atoms with Crippen molar-refractivity contribution in [3.8, 4) is 0 Å². The topological polar surface area (TPSA) is 102 Å². The molecule has 3 rings (SSSR count). The van der Waals surface area contributed by atoms with Gasteiger partial charge in [0.1, 0.15) is 0 Å². The van der Waals surface area contributed by atoms with E-state index in [4.69, 9.17) is 5.73 Å². The summed E-state index contributed by atoms with van der Waals surface area (Å²) in [5.41, 5.74) is 9.38. The van der Waals surface area contributed by atoms with Gasteiger partial charge in [-0.05, 0) is 42.3 Å². The summed E-state index contributed by atoms with van der Waals surface area (Å²) >= 11 is 0. The number of nitrogens with one attached hydrogen (secondary N) is 2. The van der Waals surface area contributed by atoms with Gasteiger partial charge >= 0.3 is 0 Å². The van der Waals surface area contributed by atoms with Crippen LogP contribution in [0.25, 0.3) is 0 Å². The predicted octanol–water partition coefficient (Wildman–Crippen LogP) is 2.44. The van der Waals surface area contributed by atoms with Crippen LogP contribution >= 0.6 is 0 Å². The number of hydrogen-bond donors (Lipinski definition) is 3. The fourth-order valence-corrected chi connectivity index (χ4v) is 2.78. The van der Waals surface area contributed by atoms with E-state index in [0.29, 0.717) is 36.4 Å². The number of benzene rings is 2. The van der Waals surface area contributed by atoms with Crippen LogP contribution < -0.4 is 16.4 Å². The Morgan fingerprint density at radius 2 is 1.82 bits per heavy atom. The third-order valence-electron chi connectivity index (χ3n) is 4.20. The van der Waals surface area contributed by atoms with E-state index in [1.807, 2.05) is 37.4 Å². The van der Waals surface area contributed by atoms with Crippen molar-refractivity contribution in [3.05, 3.63) is 77.6 Å². The highest BCUT2D eigenvalue weighted by Crippen LogP contribution is 2.18. The lowest BCUT2D eigenvalue weighted by atomic mass is 10.1. The average molecular weight is 377 g/mol. The molecule has 0 saturated carbocycles. The Kier molecular flexibility index (Phi) is 6.06. The summed E-state index contributed by atoms with van der Waals surface area (Å²) in [5, 5.41) is 9.87. The van der Waals surface area contributed by atoms with Crippen LogP contribution in [0.5, 0.6) is 0 Å². The van der Waals surface area contributed by atoms with Crippen LogP contribution in [-0.4, -0.2) is 28.1 Å². The summed E-state index contributed by atoms with van der Waals surface area (Å²) in [6.45, 7) is 3.06. The van der Waals surface area contributed by atoms with Gasteiger partial charge in [-0.1, -0.05) is 24.3 Å². The molecule has 7 nitrogen and oxygen atoms in total. The maximum absolute atomic E-state index is 12.4. The zero-order chi connectivity index (χ0) is 19.9. The zero-order valence-corrected chi connectivity index (χ0v) is 15.7. The molecule has 2 aromatic carbocycles. The standard InChI is InChI=1S/C21H23N5O2/c1-2-23-20(27)11-16-12-24-26(14-16)13-15-7-9-17(10-8-15)21(28)25-19-6-4-3-5-18(19)22/h3-10,12,14H,2,11,13,22H2,1H3,(H,23,27)(H,25,28). The lowest BCUT2D eigenvalue weighted by molar-refractivity contribution is -0.120. The van der Waals surface area contributed by atoms with Crippen molar-refractivity contribution in [1.82, 2.24) is 15.1 Å². The van der Waals surface area contributed by atoms with Gasteiger partial charge in [-0.3, -0.25) is 14.3 Å². The first-order valence-electron chi connectivity index (χ1n) is 9.08. The Labute approximate surface area is 163 Å². The quantitative estimate of drug-likeness (QED) is 0.550. The highest BCUT2D eigenvalue weighted by Gasteiger charge is 2.09. The van der Waals surface area contributed by atoms with E-state index in [1.54, 1.807) is 35.1 Å². The third-order valence-corrected chi connectivity index (χ3v) is 4.20. The molecule has 0 spiro atoms. The molecule has 0 bridgehead atoms. The van der Waals surface area contributed by atoms with Crippen LogP contribution in [-0.2, 0) is 17.8 Å².